The number of hydrogen-bond donors (Lipinski definition) is 1. The summed E-state index contributed by atoms with van der Waals surface area (Å²) in [4.78, 5) is 34.9. The Hall–Kier alpha value is -3.74. The van der Waals surface area contributed by atoms with Gasteiger partial charge in [-0.25, -0.2) is 9.97 Å². The molecule has 2 aromatic heterocycles. The molecule has 7 nitrogen and oxygen atoms in total. The van der Waals surface area contributed by atoms with Crippen LogP contribution >= 0.6 is 0 Å². The number of amides is 1. The van der Waals surface area contributed by atoms with Crippen molar-refractivity contribution in [3.63, 3.8) is 0 Å². The van der Waals surface area contributed by atoms with Crippen LogP contribution in [0.2, 0.25) is 0 Å². The van der Waals surface area contributed by atoms with Crippen LogP contribution in [0.1, 0.15) is 25.6 Å². The average Bonchev–Trinajstić information content (AvgIpc) is 2.73. The minimum Gasteiger partial charge on any atom is -0.382 e. The fourth-order valence-corrected chi connectivity index (χ4v) is 2.93. The Balaban J connectivity index is 2.23. The Labute approximate surface area is 175 Å². The van der Waals surface area contributed by atoms with Crippen LogP contribution in [0, 0.1) is 0 Å². The van der Waals surface area contributed by atoms with E-state index in [-0.39, 0.29) is 23.3 Å². The molecule has 0 saturated carbocycles. The van der Waals surface area contributed by atoms with Crippen LogP contribution in [-0.4, -0.2) is 39.4 Å². The summed E-state index contributed by atoms with van der Waals surface area (Å²) in [5.41, 5.74) is 9.26. The largest absolute Gasteiger partial charge is 0.382 e. The molecular formula is C23H25N5O2. The topological polar surface area (TPSA) is 94.1 Å². The molecular weight excluding hydrogens is 378 g/mol. The molecule has 0 aliphatic heterocycles. The fourth-order valence-electron chi connectivity index (χ4n) is 2.93. The second-order valence-corrected chi connectivity index (χ2v) is 7.38. The number of benzene rings is 1. The van der Waals surface area contributed by atoms with Crippen LogP contribution in [0.4, 0.5) is 5.82 Å². The van der Waals surface area contributed by atoms with Crippen LogP contribution in [0.25, 0.3) is 28.6 Å². The molecule has 3 aromatic rings. The molecule has 0 fully saturated rings. The van der Waals surface area contributed by atoms with E-state index in [9.17, 15) is 9.59 Å². The standard InChI is InChI=1S/C23H25N5O2/c1-15(2)28-14-17(10-12-20(28)30)22-21(16-8-6-5-7-9-16)26-23(24)18(25-22)11-13-19(29)27(3)4/h5-15H,1-4H3,(H2,24,26). The molecule has 3 rings (SSSR count). The lowest BCUT2D eigenvalue weighted by Crippen LogP contribution is -2.20. The molecule has 154 valence electrons. The van der Waals surface area contributed by atoms with E-state index in [4.69, 9.17) is 10.7 Å². The molecule has 2 N–H and O–H groups in total. The maximum Gasteiger partial charge on any atom is 0.250 e. The number of nitrogens with two attached hydrogens (primary N) is 1. The van der Waals surface area contributed by atoms with Crippen molar-refractivity contribution >= 4 is 17.8 Å². The zero-order chi connectivity index (χ0) is 21.8. The predicted octanol–water partition coefficient (Wildman–Crippen LogP) is 3.24. The zero-order valence-electron chi connectivity index (χ0n) is 17.5. The number of pyridine rings is 1. The second-order valence-electron chi connectivity index (χ2n) is 7.38. The van der Waals surface area contributed by atoms with Crippen LogP contribution in [0.5, 0.6) is 0 Å². The molecule has 1 aromatic carbocycles. The Kier molecular flexibility index (Phi) is 6.11. The van der Waals surface area contributed by atoms with Crippen LogP contribution in [-0.2, 0) is 4.79 Å². The summed E-state index contributed by atoms with van der Waals surface area (Å²) in [6.45, 7) is 3.89. The summed E-state index contributed by atoms with van der Waals surface area (Å²) in [6, 6.07) is 12.8. The lowest BCUT2D eigenvalue weighted by molar-refractivity contribution is -0.123. The van der Waals surface area contributed by atoms with Gasteiger partial charge < -0.3 is 15.2 Å². The van der Waals surface area contributed by atoms with Crippen molar-refractivity contribution in [1.29, 1.82) is 0 Å². The summed E-state index contributed by atoms with van der Waals surface area (Å²) < 4.78 is 1.65. The van der Waals surface area contributed by atoms with Gasteiger partial charge in [-0.3, -0.25) is 9.59 Å². The number of rotatable bonds is 5. The van der Waals surface area contributed by atoms with E-state index < -0.39 is 0 Å². The SMILES string of the molecule is CC(C)n1cc(-c2nc(C=CC(=O)N(C)C)c(N)nc2-c2ccccc2)ccc1=O. The van der Waals surface area contributed by atoms with E-state index in [1.807, 2.05) is 44.2 Å². The zero-order valence-corrected chi connectivity index (χ0v) is 17.5. The minimum atomic E-state index is -0.182. The minimum absolute atomic E-state index is 0.00329. The van der Waals surface area contributed by atoms with Crippen molar-refractivity contribution in [3.05, 3.63) is 70.8 Å². The highest BCUT2D eigenvalue weighted by molar-refractivity contribution is 5.92. The van der Waals surface area contributed by atoms with Gasteiger partial charge in [0.2, 0.25) is 5.91 Å². The first kappa shape index (κ1) is 21.0. The van der Waals surface area contributed by atoms with E-state index in [1.165, 1.54) is 17.0 Å². The molecule has 0 saturated heterocycles. The van der Waals surface area contributed by atoms with Crippen molar-refractivity contribution in [2.45, 2.75) is 19.9 Å². The summed E-state index contributed by atoms with van der Waals surface area (Å²) in [5, 5.41) is 0. The molecule has 0 aliphatic rings. The number of hydrogen-bond acceptors (Lipinski definition) is 5. The van der Waals surface area contributed by atoms with Gasteiger partial charge in [0.05, 0.1) is 11.4 Å². The van der Waals surface area contributed by atoms with Gasteiger partial charge in [0.15, 0.2) is 0 Å². The van der Waals surface area contributed by atoms with Gasteiger partial charge in [-0.1, -0.05) is 30.3 Å². The molecule has 0 unspecified atom stereocenters. The third-order valence-electron chi connectivity index (χ3n) is 4.59. The van der Waals surface area contributed by atoms with E-state index in [1.54, 1.807) is 37.0 Å². The second kappa shape index (κ2) is 8.73. The first-order valence-corrected chi connectivity index (χ1v) is 9.62. The van der Waals surface area contributed by atoms with Crippen molar-refractivity contribution in [2.24, 2.45) is 0 Å². The van der Waals surface area contributed by atoms with E-state index in [2.05, 4.69) is 4.98 Å². The Morgan fingerprint density at radius 3 is 2.33 bits per heavy atom. The van der Waals surface area contributed by atoms with Crippen LogP contribution < -0.4 is 11.3 Å². The van der Waals surface area contributed by atoms with Gasteiger partial charge in [-0.15, -0.1) is 0 Å². The highest BCUT2D eigenvalue weighted by Crippen LogP contribution is 2.31. The lowest BCUT2D eigenvalue weighted by Gasteiger charge is -2.15. The van der Waals surface area contributed by atoms with Crippen molar-refractivity contribution < 1.29 is 4.79 Å². The van der Waals surface area contributed by atoms with Crippen LogP contribution in [0.15, 0.2) is 59.5 Å². The maximum atomic E-state index is 12.2. The smallest absolute Gasteiger partial charge is 0.250 e. The molecule has 1 amide bonds. The van der Waals surface area contributed by atoms with Crippen LogP contribution in [0.3, 0.4) is 0 Å². The van der Waals surface area contributed by atoms with Gasteiger partial charge in [0, 0.05) is 49.6 Å². The average molecular weight is 403 g/mol. The Morgan fingerprint density at radius 1 is 1.03 bits per heavy atom. The molecule has 0 bridgehead atoms. The molecule has 0 spiro atoms. The highest BCUT2D eigenvalue weighted by atomic mass is 16.2. The quantitative estimate of drug-likeness (QED) is 0.660. The number of carbonyl (C=O) groups excluding carboxylic acids is 1. The summed E-state index contributed by atoms with van der Waals surface area (Å²) in [7, 11) is 3.33. The molecule has 7 heteroatoms. The van der Waals surface area contributed by atoms with Crippen molar-refractivity contribution in [2.75, 3.05) is 19.8 Å². The highest BCUT2D eigenvalue weighted by Gasteiger charge is 2.16. The molecule has 2 heterocycles. The van der Waals surface area contributed by atoms with Gasteiger partial charge in [0.1, 0.15) is 11.5 Å². The maximum absolute atomic E-state index is 12.2. The molecule has 0 radical (unpaired) electrons. The number of anilines is 1. The van der Waals surface area contributed by atoms with Gasteiger partial charge >= 0.3 is 0 Å². The predicted molar refractivity (Wildman–Crippen MR) is 120 cm³/mol. The Bertz CT molecular complexity index is 1150. The summed E-state index contributed by atoms with van der Waals surface area (Å²) in [5.74, 6) is 0.0378. The number of carbonyl (C=O) groups is 1. The van der Waals surface area contributed by atoms with Gasteiger partial charge in [0.25, 0.3) is 5.56 Å². The number of aromatic nitrogens is 3. The molecule has 0 aliphatic carbocycles. The lowest BCUT2D eigenvalue weighted by atomic mass is 10.0. The number of nitrogen functional groups attached to an aromatic ring is 1. The third kappa shape index (κ3) is 4.46. The first-order valence-electron chi connectivity index (χ1n) is 9.62. The monoisotopic (exact) mass is 403 g/mol. The van der Waals surface area contributed by atoms with E-state index in [0.29, 0.717) is 17.1 Å². The Morgan fingerprint density at radius 2 is 1.70 bits per heavy atom. The molecule has 30 heavy (non-hydrogen) atoms. The third-order valence-corrected chi connectivity index (χ3v) is 4.59. The summed E-state index contributed by atoms with van der Waals surface area (Å²) in [6.07, 6.45) is 4.74. The van der Waals surface area contributed by atoms with Gasteiger partial charge in [-0.05, 0) is 26.0 Å². The van der Waals surface area contributed by atoms with Crippen molar-refractivity contribution in [1.82, 2.24) is 19.4 Å². The molecule has 0 atom stereocenters. The van der Waals surface area contributed by atoms with Gasteiger partial charge in [-0.2, -0.15) is 0 Å². The van der Waals surface area contributed by atoms with E-state index in [0.717, 1.165) is 11.1 Å². The number of likely N-dealkylation sites (N-methyl/N-ethyl adjacent to an activating group) is 1. The number of nitrogens with zero attached hydrogens (tertiary/aromatic N) is 4. The van der Waals surface area contributed by atoms with E-state index >= 15 is 0 Å². The first-order chi connectivity index (χ1) is 14.3. The summed E-state index contributed by atoms with van der Waals surface area (Å²) >= 11 is 0. The van der Waals surface area contributed by atoms with Crippen molar-refractivity contribution in [3.8, 4) is 22.5 Å². The fraction of sp³-hybridized carbons (Fsp3) is 0.217. The normalized spacial score (nSPS) is 11.2.